The summed E-state index contributed by atoms with van der Waals surface area (Å²) >= 11 is 0. The zero-order valence-corrected chi connectivity index (χ0v) is 15.3. The molecule has 0 aliphatic heterocycles. The first-order chi connectivity index (χ1) is 11.1. The van der Waals surface area contributed by atoms with Crippen LogP contribution < -0.4 is 5.73 Å². The van der Waals surface area contributed by atoms with Gasteiger partial charge in [0, 0.05) is 25.2 Å². The summed E-state index contributed by atoms with van der Waals surface area (Å²) in [5.41, 5.74) is 9.03. The molecule has 2 aromatic rings. The number of benzene rings is 2. The molecule has 0 saturated heterocycles. The van der Waals surface area contributed by atoms with E-state index in [4.69, 9.17) is 5.73 Å². The van der Waals surface area contributed by atoms with E-state index in [-0.39, 0.29) is 24.4 Å². The van der Waals surface area contributed by atoms with Gasteiger partial charge in [-0.05, 0) is 36.5 Å². The van der Waals surface area contributed by atoms with Gasteiger partial charge >= 0.3 is 0 Å². The molecule has 3 nitrogen and oxygen atoms in total. The molecule has 0 saturated carbocycles. The molecule has 24 heavy (non-hydrogen) atoms. The molecule has 0 bridgehead atoms. The molecule has 1 amide bonds. The summed E-state index contributed by atoms with van der Waals surface area (Å²) in [4.78, 5) is 14.4. The van der Waals surface area contributed by atoms with E-state index >= 15 is 0 Å². The van der Waals surface area contributed by atoms with E-state index in [1.165, 1.54) is 5.56 Å². The number of hydrogen-bond donors (Lipinski definition) is 1. The Morgan fingerprint density at radius 3 is 2.33 bits per heavy atom. The predicted molar refractivity (Wildman–Crippen MR) is 103 cm³/mol. The van der Waals surface area contributed by atoms with Crippen molar-refractivity contribution in [2.75, 3.05) is 12.8 Å². The molecule has 0 aliphatic rings. The topological polar surface area (TPSA) is 46.3 Å². The van der Waals surface area contributed by atoms with Gasteiger partial charge < -0.3 is 10.6 Å². The Balaban J connectivity index is 0.00000288. The van der Waals surface area contributed by atoms with Crippen LogP contribution in [0.2, 0.25) is 0 Å². The molecule has 0 spiro atoms. The fourth-order valence-electron chi connectivity index (χ4n) is 2.82. The number of nitrogen functional groups attached to an aromatic ring is 1. The molecular weight excluding hydrogens is 320 g/mol. The summed E-state index contributed by atoms with van der Waals surface area (Å²) < 4.78 is 0. The van der Waals surface area contributed by atoms with Gasteiger partial charge in [-0.2, -0.15) is 0 Å². The number of likely N-dealkylation sites (N-methyl/N-ethyl adjacent to an activating group) is 1. The van der Waals surface area contributed by atoms with Gasteiger partial charge in [0.1, 0.15) is 0 Å². The van der Waals surface area contributed by atoms with Gasteiger partial charge in [0.05, 0.1) is 0 Å². The van der Waals surface area contributed by atoms with Gasteiger partial charge in [-0.15, -0.1) is 12.4 Å². The zero-order chi connectivity index (χ0) is 16.7. The van der Waals surface area contributed by atoms with Crippen molar-refractivity contribution >= 4 is 24.0 Å². The second-order valence-corrected chi connectivity index (χ2v) is 5.96. The number of halogens is 1. The fraction of sp³-hybridized carbons (Fsp3) is 0.350. The Labute approximate surface area is 151 Å². The van der Waals surface area contributed by atoms with Crippen molar-refractivity contribution in [3.05, 3.63) is 65.7 Å². The summed E-state index contributed by atoms with van der Waals surface area (Å²) in [6.07, 6.45) is 3.03. The maximum absolute atomic E-state index is 12.5. The summed E-state index contributed by atoms with van der Waals surface area (Å²) in [5, 5.41) is 0. The molecule has 0 heterocycles. The number of amides is 1. The summed E-state index contributed by atoms with van der Waals surface area (Å²) in [5.74, 6) is 0.177. The lowest BCUT2D eigenvalue weighted by Gasteiger charge is -2.27. The van der Waals surface area contributed by atoms with E-state index in [1.807, 2.05) is 54.4 Å². The number of nitrogens with zero attached hydrogens (tertiary/aromatic N) is 1. The number of rotatable bonds is 7. The van der Waals surface area contributed by atoms with Crippen LogP contribution in [0.5, 0.6) is 0 Å². The number of nitrogens with two attached hydrogens (primary N) is 1. The highest BCUT2D eigenvalue weighted by Crippen LogP contribution is 2.16. The second kappa shape index (κ2) is 9.99. The Kier molecular flexibility index (Phi) is 8.34. The summed E-state index contributed by atoms with van der Waals surface area (Å²) in [6, 6.07) is 18.3. The van der Waals surface area contributed by atoms with Crippen molar-refractivity contribution in [3.8, 4) is 0 Å². The number of carbonyl (C=O) groups is 1. The van der Waals surface area contributed by atoms with Gasteiger partial charge in [-0.25, -0.2) is 0 Å². The first kappa shape index (κ1) is 20.0. The minimum absolute atomic E-state index is 0. The van der Waals surface area contributed by atoms with E-state index in [1.54, 1.807) is 0 Å². The Morgan fingerprint density at radius 1 is 1.08 bits per heavy atom. The third-order valence-corrected chi connectivity index (χ3v) is 4.39. The minimum Gasteiger partial charge on any atom is -0.399 e. The quantitative estimate of drug-likeness (QED) is 0.767. The van der Waals surface area contributed by atoms with Crippen LogP contribution in [0.25, 0.3) is 0 Å². The minimum atomic E-state index is 0. The van der Waals surface area contributed by atoms with Crippen molar-refractivity contribution in [1.29, 1.82) is 0 Å². The van der Waals surface area contributed by atoms with Crippen LogP contribution in [0.15, 0.2) is 54.6 Å². The van der Waals surface area contributed by atoms with Crippen LogP contribution in [-0.2, 0) is 17.6 Å². The van der Waals surface area contributed by atoms with Crippen LogP contribution in [0.1, 0.15) is 30.9 Å². The van der Waals surface area contributed by atoms with Crippen molar-refractivity contribution in [1.82, 2.24) is 4.90 Å². The maximum Gasteiger partial charge on any atom is 0.222 e. The standard InChI is InChI=1S/C20H26N2O.ClH/c1-3-18(15-16-9-5-4-6-10-16)22(2)20(23)14-13-17-11-7-8-12-19(17)21;/h4-12,18H,3,13-15,21H2,1-2H3;1H. The van der Waals surface area contributed by atoms with Gasteiger partial charge in [-0.3, -0.25) is 4.79 Å². The molecule has 130 valence electrons. The molecule has 0 radical (unpaired) electrons. The lowest BCUT2D eigenvalue weighted by atomic mass is 10.0. The third-order valence-electron chi connectivity index (χ3n) is 4.39. The second-order valence-electron chi connectivity index (χ2n) is 5.96. The van der Waals surface area contributed by atoms with Crippen molar-refractivity contribution in [2.24, 2.45) is 0 Å². The molecule has 2 N–H and O–H groups in total. The van der Waals surface area contributed by atoms with E-state index in [9.17, 15) is 4.79 Å². The van der Waals surface area contributed by atoms with Crippen LogP contribution in [-0.4, -0.2) is 23.9 Å². The SMILES string of the molecule is CCC(Cc1ccccc1)N(C)C(=O)CCc1ccccc1N.Cl. The third kappa shape index (κ3) is 5.57. The zero-order valence-electron chi connectivity index (χ0n) is 14.4. The fourth-order valence-corrected chi connectivity index (χ4v) is 2.82. The highest BCUT2D eigenvalue weighted by Gasteiger charge is 2.18. The number of anilines is 1. The van der Waals surface area contributed by atoms with Crippen molar-refractivity contribution < 1.29 is 4.79 Å². The average molecular weight is 347 g/mol. The van der Waals surface area contributed by atoms with Gasteiger partial charge in [-0.1, -0.05) is 55.5 Å². The van der Waals surface area contributed by atoms with Gasteiger partial charge in [0.2, 0.25) is 5.91 Å². The normalized spacial score (nSPS) is 11.4. The first-order valence-electron chi connectivity index (χ1n) is 8.24. The molecule has 0 fully saturated rings. The highest BCUT2D eigenvalue weighted by atomic mass is 35.5. The largest absolute Gasteiger partial charge is 0.399 e. The van der Waals surface area contributed by atoms with Crippen LogP contribution >= 0.6 is 12.4 Å². The van der Waals surface area contributed by atoms with E-state index in [0.717, 1.165) is 24.1 Å². The molecule has 1 unspecified atom stereocenters. The van der Waals surface area contributed by atoms with Crippen LogP contribution in [0.4, 0.5) is 5.69 Å². The lowest BCUT2D eigenvalue weighted by molar-refractivity contribution is -0.132. The molecule has 2 rings (SSSR count). The van der Waals surface area contributed by atoms with E-state index < -0.39 is 0 Å². The summed E-state index contributed by atoms with van der Waals surface area (Å²) in [6.45, 7) is 2.13. The molecule has 0 aromatic heterocycles. The van der Waals surface area contributed by atoms with Crippen molar-refractivity contribution in [3.63, 3.8) is 0 Å². The number of hydrogen-bond acceptors (Lipinski definition) is 2. The average Bonchev–Trinajstić information content (AvgIpc) is 2.59. The molecular formula is C20H27ClN2O. The van der Waals surface area contributed by atoms with Crippen LogP contribution in [0, 0.1) is 0 Å². The van der Waals surface area contributed by atoms with Crippen LogP contribution in [0.3, 0.4) is 0 Å². The van der Waals surface area contributed by atoms with Crippen molar-refractivity contribution in [2.45, 2.75) is 38.6 Å². The lowest BCUT2D eigenvalue weighted by Crippen LogP contribution is -2.38. The maximum atomic E-state index is 12.5. The Bertz CT molecular complexity index is 631. The first-order valence-corrected chi connectivity index (χ1v) is 8.24. The highest BCUT2D eigenvalue weighted by molar-refractivity contribution is 5.85. The van der Waals surface area contributed by atoms with Gasteiger partial charge in [0.15, 0.2) is 0 Å². The van der Waals surface area contributed by atoms with E-state index in [0.29, 0.717) is 12.8 Å². The molecule has 4 heteroatoms. The summed E-state index contributed by atoms with van der Waals surface area (Å²) in [7, 11) is 1.91. The number of carbonyl (C=O) groups excluding carboxylic acids is 1. The van der Waals surface area contributed by atoms with Gasteiger partial charge in [0.25, 0.3) is 0 Å². The predicted octanol–water partition coefficient (Wildman–Crippen LogP) is 4.10. The van der Waals surface area contributed by atoms with E-state index in [2.05, 4.69) is 19.1 Å². The monoisotopic (exact) mass is 346 g/mol. The Morgan fingerprint density at radius 2 is 1.71 bits per heavy atom. The Hall–Kier alpha value is -2.00. The smallest absolute Gasteiger partial charge is 0.222 e. The molecule has 0 aliphatic carbocycles. The molecule has 2 aromatic carbocycles. The number of aryl methyl sites for hydroxylation is 1. The molecule has 1 atom stereocenters. The number of para-hydroxylation sites is 1.